The quantitative estimate of drug-likeness (QED) is 0.320. The molecule has 3 rings (SSSR count). The number of hydrogen-bond donors (Lipinski definition) is 1. The number of nitro groups is 1. The van der Waals surface area contributed by atoms with Crippen molar-refractivity contribution in [3.05, 3.63) is 87.5 Å². The molecule has 8 nitrogen and oxygen atoms in total. The summed E-state index contributed by atoms with van der Waals surface area (Å²) in [5.41, 5.74) is 3.38. The first-order valence-corrected chi connectivity index (χ1v) is 9.13. The van der Waals surface area contributed by atoms with Gasteiger partial charge in [0.25, 0.3) is 0 Å². The molecule has 1 aromatic heterocycles. The van der Waals surface area contributed by atoms with E-state index >= 15 is 0 Å². The lowest BCUT2D eigenvalue weighted by Gasteiger charge is -2.14. The van der Waals surface area contributed by atoms with E-state index in [9.17, 15) is 10.1 Å². The van der Waals surface area contributed by atoms with E-state index < -0.39 is 4.92 Å². The number of anilines is 2. The van der Waals surface area contributed by atoms with Crippen LogP contribution < -0.4 is 10.1 Å². The first-order chi connectivity index (χ1) is 14.8. The minimum atomic E-state index is -0.540. The zero-order valence-electron chi connectivity index (χ0n) is 16.8. The van der Waals surface area contributed by atoms with Crippen LogP contribution in [0, 0.1) is 46.6 Å². The fourth-order valence-electron chi connectivity index (χ4n) is 2.95. The summed E-state index contributed by atoms with van der Waals surface area (Å²) in [4.78, 5) is 15.2. The molecule has 2 aromatic carbocycles. The minimum Gasteiger partial charge on any atom is -0.438 e. The highest BCUT2D eigenvalue weighted by atomic mass is 16.6. The molecule has 1 N–H and O–H groups in total. The number of allylic oxidation sites excluding steroid dienone is 1. The fraction of sp³-hybridized carbons (Fsp3) is 0.0870. The topological polar surface area (TPSA) is 125 Å². The Bertz CT molecular complexity index is 1240. The summed E-state index contributed by atoms with van der Waals surface area (Å²) >= 11 is 0. The molecule has 0 fully saturated rings. The fourth-order valence-corrected chi connectivity index (χ4v) is 2.95. The van der Waals surface area contributed by atoms with Crippen LogP contribution in [-0.4, -0.2) is 9.91 Å². The number of pyridine rings is 1. The number of nitriles is 2. The van der Waals surface area contributed by atoms with Gasteiger partial charge in [-0.2, -0.15) is 15.5 Å². The molecule has 0 unspecified atom stereocenters. The average molecular weight is 411 g/mol. The monoisotopic (exact) mass is 411 g/mol. The molecule has 8 heteroatoms. The molecule has 0 spiro atoms. The zero-order chi connectivity index (χ0) is 22.5. The Hall–Kier alpha value is -4.69. The molecule has 0 amide bonds. The molecule has 0 radical (unpaired) electrons. The van der Waals surface area contributed by atoms with Gasteiger partial charge in [-0.05, 0) is 66.9 Å². The van der Waals surface area contributed by atoms with Crippen LogP contribution in [0.4, 0.5) is 17.2 Å². The van der Waals surface area contributed by atoms with Crippen molar-refractivity contribution in [1.29, 1.82) is 10.5 Å². The van der Waals surface area contributed by atoms with Gasteiger partial charge in [-0.25, -0.2) is 0 Å². The molecule has 31 heavy (non-hydrogen) atoms. The number of benzene rings is 2. The van der Waals surface area contributed by atoms with E-state index in [0.717, 1.165) is 11.1 Å². The highest BCUT2D eigenvalue weighted by molar-refractivity contribution is 5.76. The molecule has 152 valence electrons. The van der Waals surface area contributed by atoms with E-state index in [4.69, 9.17) is 15.3 Å². The van der Waals surface area contributed by atoms with Crippen molar-refractivity contribution in [3.8, 4) is 23.8 Å². The van der Waals surface area contributed by atoms with Crippen molar-refractivity contribution in [2.75, 3.05) is 5.32 Å². The smallest absolute Gasteiger partial charge is 0.311 e. The van der Waals surface area contributed by atoms with Crippen molar-refractivity contribution in [3.63, 3.8) is 0 Å². The first kappa shape index (κ1) is 21.0. The van der Waals surface area contributed by atoms with Gasteiger partial charge in [0.15, 0.2) is 0 Å². The van der Waals surface area contributed by atoms with Crippen LogP contribution in [0.2, 0.25) is 0 Å². The number of nitrogens with one attached hydrogen (secondary N) is 1. The molecule has 0 aliphatic heterocycles. The SMILES string of the molecule is C=C(C#N)c1cc(C)c(Oc2ccc([N+](=O)[O-])c(Nc3ccc(C#N)cc3)n2)c(C)c1. The van der Waals surface area contributed by atoms with E-state index in [1.165, 1.54) is 12.1 Å². The summed E-state index contributed by atoms with van der Waals surface area (Å²) in [6.45, 7) is 7.39. The molecule has 0 saturated carbocycles. The van der Waals surface area contributed by atoms with E-state index in [1.54, 1.807) is 36.4 Å². The van der Waals surface area contributed by atoms with Crippen LogP contribution in [0.1, 0.15) is 22.3 Å². The number of nitrogens with zero attached hydrogens (tertiary/aromatic N) is 4. The summed E-state index contributed by atoms with van der Waals surface area (Å²) in [7, 11) is 0. The van der Waals surface area contributed by atoms with Crippen LogP contribution in [0.3, 0.4) is 0 Å². The van der Waals surface area contributed by atoms with Crippen molar-refractivity contribution >= 4 is 22.8 Å². The Kier molecular flexibility index (Phi) is 5.95. The lowest BCUT2D eigenvalue weighted by atomic mass is 10.0. The normalized spacial score (nSPS) is 9.94. The molecule has 0 aliphatic rings. The maximum atomic E-state index is 11.4. The van der Waals surface area contributed by atoms with E-state index in [-0.39, 0.29) is 17.4 Å². The molecule has 0 bridgehead atoms. The standard InChI is InChI=1S/C23H17N5O3/c1-14-10-18(16(3)12-24)11-15(2)22(14)31-21-9-8-20(28(29)30)23(27-21)26-19-6-4-17(13-25)5-7-19/h4-11H,3H2,1-2H3,(H,26,27). The van der Waals surface area contributed by atoms with Crippen LogP contribution in [0.25, 0.3) is 5.57 Å². The van der Waals surface area contributed by atoms with Crippen molar-refractivity contribution < 1.29 is 9.66 Å². The average Bonchev–Trinajstić information content (AvgIpc) is 2.76. The number of aryl methyl sites for hydroxylation is 2. The van der Waals surface area contributed by atoms with Gasteiger partial charge >= 0.3 is 5.69 Å². The molecule has 0 atom stereocenters. The molecule has 0 aliphatic carbocycles. The van der Waals surface area contributed by atoms with Crippen LogP contribution in [0.15, 0.2) is 55.1 Å². The maximum Gasteiger partial charge on any atom is 0.311 e. The van der Waals surface area contributed by atoms with Gasteiger partial charge in [0.1, 0.15) is 5.75 Å². The van der Waals surface area contributed by atoms with E-state index in [2.05, 4.69) is 16.9 Å². The zero-order valence-corrected chi connectivity index (χ0v) is 16.8. The third-order valence-corrected chi connectivity index (χ3v) is 4.47. The molecule has 0 saturated heterocycles. The Labute approximate surface area is 178 Å². The van der Waals surface area contributed by atoms with Gasteiger partial charge < -0.3 is 10.1 Å². The van der Waals surface area contributed by atoms with Gasteiger partial charge in [-0.3, -0.25) is 10.1 Å². The van der Waals surface area contributed by atoms with E-state index in [0.29, 0.717) is 28.1 Å². The summed E-state index contributed by atoms with van der Waals surface area (Å²) in [6, 6.07) is 16.8. The van der Waals surface area contributed by atoms with Gasteiger partial charge in [0.2, 0.25) is 11.7 Å². The Morgan fingerprint density at radius 2 is 1.77 bits per heavy atom. The summed E-state index contributed by atoms with van der Waals surface area (Å²) in [5.74, 6) is 0.719. The van der Waals surface area contributed by atoms with Crippen LogP contribution in [0.5, 0.6) is 11.6 Å². The Morgan fingerprint density at radius 1 is 1.13 bits per heavy atom. The second-order valence-electron chi connectivity index (χ2n) is 6.72. The lowest BCUT2D eigenvalue weighted by molar-refractivity contribution is -0.384. The molecular formula is C23H17N5O3. The lowest BCUT2D eigenvalue weighted by Crippen LogP contribution is -2.02. The summed E-state index contributed by atoms with van der Waals surface area (Å²) < 4.78 is 5.93. The number of hydrogen-bond acceptors (Lipinski definition) is 7. The number of ether oxygens (including phenoxy) is 1. The van der Waals surface area contributed by atoms with Crippen molar-refractivity contribution in [1.82, 2.24) is 4.98 Å². The second kappa shape index (κ2) is 8.76. The third kappa shape index (κ3) is 4.66. The van der Waals surface area contributed by atoms with Crippen LogP contribution >= 0.6 is 0 Å². The Balaban J connectivity index is 1.95. The second-order valence-corrected chi connectivity index (χ2v) is 6.72. The maximum absolute atomic E-state index is 11.4. The number of rotatable bonds is 6. The van der Waals surface area contributed by atoms with Gasteiger partial charge in [0.05, 0.1) is 28.2 Å². The highest BCUT2D eigenvalue weighted by Gasteiger charge is 2.18. The van der Waals surface area contributed by atoms with Gasteiger partial charge in [0, 0.05) is 17.8 Å². The summed E-state index contributed by atoms with van der Waals surface area (Å²) in [5, 5.41) is 32.3. The van der Waals surface area contributed by atoms with Crippen molar-refractivity contribution in [2.45, 2.75) is 13.8 Å². The first-order valence-electron chi connectivity index (χ1n) is 9.13. The molecular weight excluding hydrogens is 394 g/mol. The van der Waals surface area contributed by atoms with Gasteiger partial charge in [-0.15, -0.1) is 0 Å². The third-order valence-electron chi connectivity index (χ3n) is 4.47. The Morgan fingerprint density at radius 3 is 2.32 bits per heavy atom. The molecule has 1 heterocycles. The predicted molar refractivity (Wildman–Crippen MR) is 116 cm³/mol. The predicted octanol–water partition coefficient (Wildman–Crippen LogP) is 5.55. The van der Waals surface area contributed by atoms with Crippen molar-refractivity contribution in [2.24, 2.45) is 0 Å². The van der Waals surface area contributed by atoms with E-state index in [1.807, 2.05) is 26.0 Å². The molecule has 3 aromatic rings. The van der Waals surface area contributed by atoms with Gasteiger partial charge in [-0.1, -0.05) is 6.58 Å². The number of aromatic nitrogens is 1. The van der Waals surface area contributed by atoms with Crippen LogP contribution in [-0.2, 0) is 0 Å². The minimum absolute atomic E-state index is 0.0111. The highest BCUT2D eigenvalue weighted by Crippen LogP contribution is 2.34. The largest absolute Gasteiger partial charge is 0.438 e. The summed E-state index contributed by atoms with van der Waals surface area (Å²) in [6.07, 6.45) is 0.